The maximum Gasteiger partial charge on any atom is 0.325 e. The van der Waals surface area contributed by atoms with Crippen LogP contribution in [0.3, 0.4) is 0 Å². The van der Waals surface area contributed by atoms with Gasteiger partial charge in [-0.3, -0.25) is 14.4 Å². The molecule has 1 aromatic heterocycles. The summed E-state index contributed by atoms with van der Waals surface area (Å²) in [4.78, 5) is 36.7. The Bertz CT molecular complexity index is 594. The first-order valence-corrected chi connectivity index (χ1v) is 8.37. The third kappa shape index (κ3) is 4.28. The first-order valence-electron chi connectivity index (χ1n) is 7.32. The van der Waals surface area contributed by atoms with Gasteiger partial charge in [-0.15, -0.1) is 11.8 Å². The fourth-order valence-corrected chi connectivity index (χ4v) is 3.30. The summed E-state index contributed by atoms with van der Waals surface area (Å²) in [6.45, 7) is 5.42. The molecule has 7 nitrogen and oxygen atoms in total. The highest BCUT2D eigenvalue weighted by molar-refractivity contribution is 8.00. The van der Waals surface area contributed by atoms with Crippen molar-refractivity contribution < 1.29 is 23.5 Å². The van der Waals surface area contributed by atoms with Gasteiger partial charge in [-0.1, -0.05) is 0 Å². The van der Waals surface area contributed by atoms with E-state index in [0.717, 1.165) is 11.3 Å². The summed E-state index contributed by atoms with van der Waals surface area (Å²) in [7, 11) is 0. The van der Waals surface area contributed by atoms with E-state index in [1.807, 2.05) is 19.9 Å². The standard InChI is InChI=1S/C15H20N2O5S/c1-4-21-14(20)6-16-12(18)7-17-13(19)8-23-15(17)11-5-9(2)10(3)22-11/h5,15H,4,6-8H2,1-3H3,(H,16,18). The molecule has 2 amide bonds. The van der Waals surface area contributed by atoms with Gasteiger partial charge in [0, 0.05) is 0 Å². The monoisotopic (exact) mass is 340 g/mol. The zero-order valence-corrected chi connectivity index (χ0v) is 14.2. The molecule has 1 unspecified atom stereocenters. The van der Waals surface area contributed by atoms with Gasteiger partial charge in [-0.05, 0) is 32.4 Å². The molecule has 1 aromatic rings. The summed E-state index contributed by atoms with van der Waals surface area (Å²) in [5.74, 6) is 0.726. The number of carbonyl (C=O) groups excluding carboxylic acids is 3. The van der Waals surface area contributed by atoms with E-state index in [1.54, 1.807) is 6.92 Å². The Labute approximate surface area is 138 Å². The van der Waals surface area contributed by atoms with E-state index < -0.39 is 11.9 Å². The van der Waals surface area contributed by atoms with Crippen LogP contribution in [0.2, 0.25) is 0 Å². The van der Waals surface area contributed by atoms with Gasteiger partial charge in [0.2, 0.25) is 11.8 Å². The van der Waals surface area contributed by atoms with Crippen LogP contribution in [0.4, 0.5) is 0 Å². The molecular weight excluding hydrogens is 320 g/mol. The molecule has 0 saturated carbocycles. The number of rotatable bonds is 6. The number of thioether (sulfide) groups is 1. The third-order valence-corrected chi connectivity index (χ3v) is 4.66. The molecule has 126 valence electrons. The number of hydrogen-bond donors (Lipinski definition) is 1. The molecule has 1 saturated heterocycles. The van der Waals surface area contributed by atoms with Crippen LogP contribution < -0.4 is 5.32 Å². The van der Waals surface area contributed by atoms with Crippen molar-refractivity contribution in [3.8, 4) is 0 Å². The van der Waals surface area contributed by atoms with Gasteiger partial charge in [0.05, 0.1) is 12.4 Å². The Kier molecular flexibility index (Phi) is 5.70. The highest BCUT2D eigenvalue weighted by atomic mass is 32.2. The lowest BCUT2D eigenvalue weighted by molar-refractivity contribution is -0.143. The molecule has 0 bridgehead atoms. The zero-order valence-electron chi connectivity index (χ0n) is 13.4. The molecule has 1 fully saturated rings. The topological polar surface area (TPSA) is 88.9 Å². The molecule has 1 N–H and O–H groups in total. The average molecular weight is 340 g/mol. The van der Waals surface area contributed by atoms with Gasteiger partial charge < -0.3 is 19.4 Å². The quantitative estimate of drug-likeness (QED) is 0.782. The molecule has 0 spiro atoms. The van der Waals surface area contributed by atoms with Crippen LogP contribution in [-0.2, 0) is 19.1 Å². The number of esters is 1. The fourth-order valence-electron chi connectivity index (χ4n) is 2.18. The van der Waals surface area contributed by atoms with E-state index in [4.69, 9.17) is 9.15 Å². The van der Waals surface area contributed by atoms with Crippen molar-refractivity contribution in [2.75, 3.05) is 25.4 Å². The fraction of sp³-hybridized carbons (Fsp3) is 0.533. The van der Waals surface area contributed by atoms with Crippen molar-refractivity contribution >= 4 is 29.5 Å². The van der Waals surface area contributed by atoms with Crippen molar-refractivity contribution in [1.82, 2.24) is 10.2 Å². The molecule has 2 rings (SSSR count). The summed E-state index contributed by atoms with van der Waals surface area (Å²) in [6, 6.07) is 1.88. The zero-order chi connectivity index (χ0) is 17.0. The van der Waals surface area contributed by atoms with Crippen LogP contribution in [0, 0.1) is 13.8 Å². The predicted octanol–water partition coefficient (Wildman–Crippen LogP) is 1.15. The van der Waals surface area contributed by atoms with Crippen LogP contribution in [0.25, 0.3) is 0 Å². The number of amides is 2. The number of nitrogens with zero attached hydrogens (tertiary/aromatic N) is 1. The molecule has 8 heteroatoms. The maximum absolute atomic E-state index is 12.0. The smallest absolute Gasteiger partial charge is 0.325 e. The average Bonchev–Trinajstić information content (AvgIpc) is 3.01. The van der Waals surface area contributed by atoms with Crippen LogP contribution in [0.5, 0.6) is 0 Å². The summed E-state index contributed by atoms with van der Waals surface area (Å²) < 4.78 is 10.4. The second-order valence-electron chi connectivity index (χ2n) is 5.15. The van der Waals surface area contributed by atoms with Crippen molar-refractivity contribution in [3.05, 3.63) is 23.2 Å². The highest BCUT2D eigenvalue weighted by Gasteiger charge is 2.36. The van der Waals surface area contributed by atoms with Crippen LogP contribution in [-0.4, -0.2) is 48.1 Å². The number of hydrogen-bond acceptors (Lipinski definition) is 6. The second kappa shape index (κ2) is 7.54. The largest absolute Gasteiger partial charge is 0.465 e. The lowest BCUT2D eigenvalue weighted by Gasteiger charge is -2.21. The second-order valence-corrected chi connectivity index (χ2v) is 6.22. The molecule has 0 radical (unpaired) electrons. The third-order valence-electron chi connectivity index (χ3n) is 3.45. The Morgan fingerprint density at radius 2 is 2.22 bits per heavy atom. The number of carbonyl (C=O) groups is 3. The van der Waals surface area contributed by atoms with Crippen LogP contribution >= 0.6 is 11.8 Å². The highest BCUT2D eigenvalue weighted by Crippen LogP contribution is 2.39. The summed E-state index contributed by atoms with van der Waals surface area (Å²) in [5.41, 5.74) is 1.01. The van der Waals surface area contributed by atoms with Crippen LogP contribution in [0.1, 0.15) is 29.4 Å². The summed E-state index contributed by atoms with van der Waals surface area (Å²) in [5, 5.41) is 2.14. The van der Waals surface area contributed by atoms with Gasteiger partial charge in [-0.2, -0.15) is 0 Å². The molecule has 23 heavy (non-hydrogen) atoms. The van der Waals surface area contributed by atoms with E-state index in [2.05, 4.69) is 5.32 Å². The van der Waals surface area contributed by atoms with Gasteiger partial charge >= 0.3 is 5.97 Å². The van der Waals surface area contributed by atoms with Gasteiger partial charge in [-0.25, -0.2) is 0 Å². The summed E-state index contributed by atoms with van der Waals surface area (Å²) in [6.07, 6.45) is 0. The van der Waals surface area contributed by atoms with Crippen molar-refractivity contribution in [2.24, 2.45) is 0 Å². The number of aryl methyl sites for hydroxylation is 2. The van der Waals surface area contributed by atoms with E-state index >= 15 is 0 Å². The molecule has 2 heterocycles. The van der Waals surface area contributed by atoms with Crippen molar-refractivity contribution in [1.29, 1.82) is 0 Å². The number of furan rings is 1. The number of nitrogens with one attached hydrogen (secondary N) is 1. The normalized spacial score (nSPS) is 17.4. The Morgan fingerprint density at radius 3 is 2.83 bits per heavy atom. The van der Waals surface area contributed by atoms with E-state index in [9.17, 15) is 14.4 Å². The minimum atomic E-state index is -0.503. The molecule has 1 atom stereocenters. The first kappa shape index (κ1) is 17.4. The first-order chi connectivity index (χ1) is 10.9. The summed E-state index contributed by atoms with van der Waals surface area (Å²) >= 11 is 1.42. The Hall–Kier alpha value is -1.96. The van der Waals surface area contributed by atoms with E-state index in [0.29, 0.717) is 11.5 Å². The van der Waals surface area contributed by atoms with Crippen molar-refractivity contribution in [3.63, 3.8) is 0 Å². The minimum Gasteiger partial charge on any atom is -0.465 e. The van der Waals surface area contributed by atoms with Gasteiger partial charge in [0.1, 0.15) is 30.0 Å². The van der Waals surface area contributed by atoms with Gasteiger partial charge in [0.25, 0.3) is 0 Å². The minimum absolute atomic E-state index is 0.116. The van der Waals surface area contributed by atoms with Crippen LogP contribution in [0.15, 0.2) is 10.5 Å². The van der Waals surface area contributed by atoms with Crippen molar-refractivity contribution in [2.45, 2.75) is 26.1 Å². The molecule has 0 aliphatic carbocycles. The van der Waals surface area contributed by atoms with E-state index in [1.165, 1.54) is 16.7 Å². The maximum atomic E-state index is 12.0. The lowest BCUT2D eigenvalue weighted by atomic mass is 10.2. The lowest BCUT2D eigenvalue weighted by Crippen LogP contribution is -2.41. The Morgan fingerprint density at radius 1 is 1.48 bits per heavy atom. The predicted molar refractivity (Wildman–Crippen MR) is 84.7 cm³/mol. The number of ether oxygens (including phenoxy) is 1. The SMILES string of the molecule is CCOC(=O)CNC(=O)CN1C(=O)CSC1c1cc(C)c(C)o1. The van der Waals surface area contributed by atoms with Gasteiger partial charge in [0.15, 0.2) is 0 Å². The Balaban J connectivity index is 1.97. The molecule has 0 aromatic carbocycles. The molecule has 1 aliphatic heterocycles. The molecular formula is C15H20N2O5S. The van der Waals surface area contributed by atoms with E-state index in [-0.39, 0.29) is 31.0 Å². The molecule has 1 aliphatic rings.